The predicted octanol–water partition coefficient (Wildman–Crippen LogP) is 1.51. The lowest BCUT2D eigenvalue weighted by molar-refractivity contribution is -0.140. The van der Waals surface area contributed by atoms with Crippen molar-refractivity contribution in [2.75, 3.05) is 33.9 Å². The quantitative estimate of drug-likeness (QED) is 0.771. The van der Waals surface area contributed by atoms with E-state index in [9.17, 15) is 9.59 Å². The van der Waals surface area contributed by atoms with Gasteiger partial charge in [-0.15, -0.1) is 0 Å². The minimum atomic E-state index is -0.317. The van der Waals surface area contributed by atoms with E-state index in [-0.39, 0.29) is 24.3 Å². The third-order valence-electron chi connectivity index (χ3n) is 4.09. The van der Waals surface area contributed by atoms with Crippen LogP contribution in [-0.2, 0) is 14.3 Å². The summed E-state index contributed by atoms with van der Waals surface area (Å²) < 4.78 is 9.73. The topological polar surface area (TPSA) is 67.9 Å². The molecule has 1 aliphatic heterocycles. The summed E-state index contributed by atoms with van der Waals surface area (Å²) >= 11 is 0. The molecule has 1 aromatic carbocycles. The van der Waals surface area contributed by atoms with E-state index in [0.29, 0.717) is 13.1 Å². The molecule has 6 nitrogen and oxygen atoms in total. The Morgan fingerprint density at radius 2 is 2.00 bits per heavy atom. The Balaban J connectivity index is 1.85. The maximum Gasteiger partial charge on any atom is 0.307 e. The smallest absolute Gasteiger partial charge is 0.307 e. The lowest BCUT2D eigenvalue weighted by Crippen LogP contribution is -2.37. The van der Waals surface area contributed by atoms with Crippen LogP contribution in [0.25, 0.3) is 0 Å². The molecule has 1 unspecified atom stereocenters. The summed E-state index contributed by atoms with van der Waals surface area (Å²) in [6.45, 7) is 1.56. The van der Waals surface area contributed by atoms with Crippen LogP contribution >= 0.6 is 0 Å². The van der Waals surface area contributed by atoms with Crippen molar-refractivity contribution in [2.45, 2.75) is 25.3 Å². The number of methoxy groups -OCH3 is 2. The number of amides is 1. The zero-order chi connectivity index (χ0) is 16.7. The van der Waals surface area contributed by atoms with Crippen LogP contribution in [0.2, 0.25) is 0 Å². The van der Waals surface area contributed by atoms with E-state index >= 15 is 0 Å². The first-order valence-electron chi connectivity index (χ1n) is 7.85. The van der Waals surface area contributed by atoms with Crippen LogP contribution in [0.5, 0.6) is 5.75 Å². The van der Waals surface area contributed by atoms with Gasteiger partial charge < -0.3 is 14.8 Å². The summed E-state index contributed by atoms with van der Waals surface area (Å²) in [5.41, 5.74) is 1.20. The number of esters is 1. The highest BCUT2D eigenvalue weighted by molar-refractivity contribution is 5.79. The zero-order valence-corrected chi connectivity index (χ0v) is 13.7. The molecule has 0 spiro atoms. The van der Waals surface area contributed by atoms with Crippen molar-refractivity contribution in [3.05, 3.63) is 29.8 Å². The Morgan fingerprint density at radius 1 is 1.26 bits per heavy atom. The third kappa shape index (κ3) is 4.96. The van der Waals surface area contributed by atoms with Crippen molar-refractivity contribution in [3.8, 4) is 5.75 Å². The molecule has 1 fully saturated rings. The fraction of sp³-hybridized carbons (Fsp3) is 0.529. The molecule has 0 radical (unpaired) electrons. The van der Waals surface area contributed by atoms with Crippen molar-refractivity contribution >= 4 is 11.9 Å². The van der Waals surface area contributed by atoms with E-state index in [2.05, 4.69) is 27.1 Å². The van der Waals surface area contributed by atoms with Crippen molar-refractivity contribution in [3.63, 3.8) is 0 Å². The number of carbonyl (C=O) groups is 2. The Hall–Kier alpha value is -2.08. The summed E-state index contributed by atoms with van der Waals surface area (Å²) in [6, 6.07) is 8.26. The van der Waals surface area contributed by atoms with Crippen molar-refractivity contribution < 1.29 is 19.1 Å². The lowest BCUT2D eigenvalue weighted by atomic mass is 10.0. The first kappa shape index (κ1) is 17.3. The number of ether oxygens (including phenoxy) is 2. The number of hydrogen-bond donors (Lipinski definition) is 1. The molecule has 0 saturated carbocycles. The molecule has 1 heterocycles. The summed E-state index contributed by atoms with van der Waals surface area (Å²) in [6.07, 6.45) is 2.32. The summed E-state index contributed by atoms with van der Waals surface area (Å²) in [7, 11) is 2.99. The Bertz CT molecular complexity index is 530. The van der Waals surface area contributed by atoms with Gasteiger partial charge in [0.25, 0.3) is 0 Å². The molecule has 1 atom stereocenters. The highest BCUT2D eigenvalue weighted by Gasteiger charge is 2.27. The van der Waals surface area contributed by atoms with E-state index in [1.165, 1.54) is 12.7 Å². The average molecular weight is 320 g/mol. The minimum Gasteiger partial charge on any atom is -0.497 e. The Kier molecular flexibility index (Phi) is 6.40. The molecule has 0 bridgehead atoms. The van der Waals surface area contributed by atoms with E-state index in [1.807, 2.05) is 12.1 Å². The van der Waals surface area contributed by atoms with Gasteiger partial charge in [-0.3, -0.25) is 14.5 Å². The number of nitrogens with one attached hydrogen (secondary N) is 1. The minimum absolute atomic E-state index is 0.0608. The predicted molar refractivity (Wildman–Crippen MR) is 86.2 cm³/mol. The number of rotatable bonds is 7. The Morgan fingerprint density at radius 3 is 2.65 bits per heavy atom. The summed E-state index contributed by atoms with van der Waals surface area (Å²) in [4.78, 5) is 25.2. The van der Waals surface area contributed by atoms with Gasteiger partial charge in [0.2, 0.25) is 5.91 Å². The van der Waals surface area contributed by atoms with Crippen LogP contribution in [0.3, 0.4) is 0 Å². The van der Waals surface area contributed by atoms with Gasteiger partial charge in [0.05, 0.1) is 27.2 Å². The Labute approximate surface area is 136 Å². The number of hydrogen-bond acceptors (Lipinski definition) is 5. The normalized spacial score (nSPS) is 17.7. The van der Waals surface area contributed by atoms with E-state index in [4.69, 9.17) is 4.74 Å². The van der Waals surface area contributed by atoms with Gasteiger partial charge in [-0.05, 0) is 37.1 Å². The average Bonchev–Trinajstić information content (AvgIpc) is 3.02. The van der Waals surface area contributed by atoms with Crippen LogP contribution in [0.15, 0.2) is 24.3 Å². The highest BCUT2D eigenvalue weighted by atomic mass is 16.5. The van der Waals surface area contributed by atoms with Gasteiger partial charge in [-0.2, -0.15) is 0 Å². The van der Waals surface area contributed by atoms with Crippen LogP contribution < -0.4 is 10.1 Å². The fourth-order valence-electron chi connectivity index (χ4n) is 2.87. The van der Waals surface area contributed by atoms with Gasteiger partial charge in [-0.1, -0.05) is 12.1 Å². The summed E-state index contributed by atoms with van der Waals surface area (Å²) in [5, 5.41) is 2.76. The maximum atomic E-state index is 12.0. The van der Waals surface area contributed by atoms with Gasteiger partial charge >= 0.3 is 5.97 Å². The van der Waals surface area contributed by atoms with Crippen LogP contribution in [-0.4, -0.2) is 50.6 Å². The number of carbonyl (C=O) groups excluding carboxylic acids is 2. The number of nitrogens with zero attached hydrogens (tertiary/aromatic N) is 1. The lowest BCUT2D eigenvalue weighted by Gasteiger charge is -2.24. The van der Waals surface area contributed by atoms with Gasteiger partial charge in [0.15, 0.2) is 0 Å². The van der Waals surface area contributed by atoms with Crippen LogP contribution in [0.4, 0.5) is 0 Å². The standard InChI is InChI=1S/C17H24N2O4/c1-22-14-7-5-13(6-8-14)15-4-3-11-19(15)12-16(20)18-10-9-17(21)23-2/h5-8,15H,3-4,9-12H2,1-2H3,(H,18,20). The first-order valence-corrected chi connectivity index (χ1v) is 7.85. The van der Waals surface area contributed by atoms with Crippen molar-refractivity contribution in [2.24, 2.45) is 0 Å². The van der Waals surface area contributed by atoms with Crippen molar-refractivity contribution in [1.82, 2.24) is 10.2 Å². The SMILES string of the molecule is COC(=O)CCNC(=O)CN1CCCC1c1ccc(OC)cc1. The number of benzene rings is 1. The van der Waals surface area contributed by atoms with E-state index in [1.54, 1.807) is 7.11 Å². The molecular weight excluding hydrogens is 296 g/mol. The summed E-state index contributed by atoms with van der Waals surface area (Å²) in [5.74, 6) is 0.454. The fourth-order valence-corrected chi connectivity index (χ4v) is 2.87. The zero-order valence-electron chi connectivity index (χ0n) is 13.7. The second-order valence-electron chi connectivity index (χ2n) is 5.58. The highest BCUT2D eigenvalue weighted by Crippen LogP contribution is 2.32. The molecule has 6 heteroatoms. The second kappa shape index (κ2) is 8.53. The molecule has 1 amide bonds. The molecule has 1 N–H and O–H groups in total. The molecule has 2 rings (SSSR count). The van der Waals surface area contributed by atoms with E-state index < -0.39 is 0 Å². The maximum absolute atomic E-state index is 12.0. The van der Waals surface area contributed by atoms with Gasteiger partial charge in [-0.25, -0.2) is 0 Å². The monoisotopic (exact) mass is 320 g/mol. The molecule has 0 aliphatic carbocycles. The molecule has 1 aromatic rings. The van der Waals surface area contributed by atoms with Gasteiger partial charge in [0, 0.05) is 12.6 Å². The van der Waals surface area contributed by atoms with Crippen molar-refractivity contribution in [1.29, 1.82) is 0 Å². The molecule has 1 aliphatic rings. The van der Waals surface area contributed by atoms with Crippen LogP contribution in [0.1, 0.15) is 30.9 Å². The number of likely N-dealkylation sites (tertiary alicyclic amines) is 1. The van der Waals surface area contributed by atoms with Crippen LogP contribution in [0, 0.1) is 0 Å². The van der Waals surface area contributed by atoms with Gasteiger partial charge in [0.1, 0.15) is 5.75 Å². The molecular formula is C17H24N2O4. The molecule has 1 saturated heterocycles. The second-order valence-corrected chi connectivity index (χ2v) is 5.58. The molecule has 23 heavy (non-hydrogen) atoms. The largest absolute Gasteiger partial charge is 0.497 e. The first-order chi connectivity index (χ1) is 11.1. The van der Waals surface area contributed by atoms with E-state index in [0.717, 1.165) is 25.1 Å². The molecule has 0 aromatic heterocycles. The molecule has 126 valence electrons. The third-order valence-corrected chi connectivity index (χ3v) is 4.09.